The minimum absolute atomic E-state index is 0.0239. The van der Waals surface area contributed by atoms with Crippen molar-refractivity contribution in [3.63, 3.8) is 0 Å². The first kappa shape index (κ1) is 9.16. The molecular formula is C19H14FeO3. The van der Waals surface area contributed by atoms with Gasteiger partial charge < -0.3 is 0 Å². The summed E-state index contributed by atoms with van der Waals surface area (Å²) < 4.78 is 0.179. The monoisotopic (exact) mass is 346 g/mol. The summed E-state index contributed by atoms with van der Waals surface area (Å²) in [4.78, 5) is 23.1. The molecule has 10 aliphatic rings. The molecule has 4 atom stereocenters. The summed E-state index contributed by atoms with van der Waals surface area (Å²) in [5, 5.41) is 19.3. The standard InChI is InChI=1S/C14H9O3.C5H5.Fe/c15-12-7-5-11(14(17)9-12)6-8-13(16)10-3-1-2-4-10;1-2-4-5-3-1;/h1-5,7,9,15,17H;1-5H;. The van der Waals surface area contributed by atoms with Gasteiger partial charge in [-0.25, -0.2) is 0 Å². The van der Waals surface area contributed by atoms with Gasteiger partial charge in [0.2, 0.25) is 0 Å². The Kier molecular flexibility index (Phi) is 0.358. The van der Waals surface area contributed by atoms with Crippen molar-refractivity contribution in [2.24, 2.45) is 0 Å². The fourth-order valence-corrected chi connectivity index (χ4v) is 91.4. The van der Waals surface area contributed by atoms with Crippen LogP contribution < -0.4 is 0 Å². The Morgan fingerprint density at radius 2 is 1.61 bits per heavy atom. The number of ketones is 1. The van der Waals surface area contributed by atoms with Crippen LogP contribution >= 0.6 is 0 Å². The molecule has 1 aromatic rings. The molecule has 10 fully saturated rings. The van der Waals surface area contributed by atoms with Crippen LogP contribution in [0.5, 0.6) is 11.5 Å². The van der Waals surface area contributed by atoms with Crippen LogP contribution in [0.15, 0.2) is 18.2 Å². The summed E-state index contributed by atoms with van der Waals surface area (Å²) in [6, 6.07) is 4.40. The molecule has 0 bridgehead atoms. The van der Waals surface area contributed by atoms with E-state index in [1.165, 1.54) is 12.1 Å². The molecule has 0 radical (unpaired) electrons. The molecular weight excluding hydrogens is 332 g/mol. The molecule has 10 heterocycles. The number of hydrogen-bond acceptors (Lipinski definition) is 3. The molecule has 10 aliphatic heterocycles. The van der Waals surface area contributed by atoms with Gasteiger partial charge in [0, 0.05) is 0 Å². The molecule has 10 saturated heterocycles. The van der Waals surface area contributed by atoms with E-state index in [1.807, 2.05) is 0 Å². The molecule has 3 nitrogen and oxygen atoms in total. The van der Waals surface area contributed by atoms with E-state index in [0.29, 0.717) is 5.56 Å². The topological polar surface area (TPSA) is 57.5 Å². The second-order valence-corrected chi connectivity index (χ2v) is 35.5. The second-order valence-electron chi connectivity index (χ2n) is 12.0. The summed E-state index contributed by atoms with van der Waals surface area (Å²) >= 11 is 0. The first-order valence-corrected chi connectivity index (χ1v) is 14.9. The number of phenols is 2. The summed E-state index contributed by atoms with van der Waals surface area (Å²) in [6.45, 7) is -3.38. The third-order valence-electron chi connectivity index (χ3n) is 16.3. The van der Waals surface area contributed by atoms with Gasteiger partial charge in [-0.1, -0.05) is 0 Å². The zero-order chi connectivity index (χ0) is 14.9. The Bertz CT molecular complexity index is 1370. The molecule has 4 unspecified atom stereocenters. The van der Waals surface area contributed by atoms with Crippen LogP contribution in [0.3, 0.4) is 0 Å². The number of fused-ring (bicyclic) bond motifs is 10. The fourth-order valence-electron chi connectivity index (χ4n) is 17.7. The van der Waals surface area contributed by atoms with Crippen molar-refractivity contribution in [1.82, 2.24) is 0 Å². The Hall–Kier alpha value is -1.43. The van der Waals surface area contributed by atoms with Crippen molar-refractivity contribution in [2.75, 3.05) is 0 Å². The van der Waals surface area contributed by atoms with Crippen LogP contribution in [0.1, 0.15) is 5.56 Å². The fraction of sp³-hybridized carbons (Fsp3) is 0.526. The quantitative estimate of drug-likeness (QED) is 0.601. The molecule has 23 heavy (non-hydrogen) atoms. The summed E-state index contributed by atoms with van der Waals surface area (Å²) in [6.07, 6.45) is 0. The number of phenolic OH excluding ortho intramolecular Hbond substituents is 2. The Balaban J connectivity index is 1.19. The summed E-state index contributed by atoms with van der Waals surface area (Å²) in [5.41, 5.74) is 0.461. The summed E-state index contributed by atoms with van der Waals surface area (Å²) in [5.74, 6) is 6.20. The Morgan fingerprint density at radius 3 is 2.04 bits per heavy atom. The normalized spacial score (nSPS) is 90.2. The average Bonchev–Trinajstić information content (AvgIpc) is 3.46. The van der Waals surface area contributed by atoms with Crippen LogP contribution in [-0.4, -0.2) is 16.0 Å². The zero-order valence-corrected chi connectivity index (χ0v) is 13.2. The number of carbonyl (C=O) groups excluding carboxylic acids is 1. The van der Waals surface area contributed by atoms with Gasteiger partial charge in [-0.05, 0) is 0 Å². The number of hydrogen-bond donors (Lipinski definition) is 2. The van der Waals surface area contributed by atoms with E-state index < -0.39 is 6.51 Å². The SMILES string of the molecule is O=C(C#Cc1ccc(O)cc1O)[C]12[CH]3[CH]4[CH]5[CH]1[Fe]45321678[CH]2[CH]1[CH]6[CH]7[CH]28. The van der Waals surface area contributed by atoms with Gasteiger partial charge in [-0.3, -0.25) is 0 Å². The van der Waals surface area contributed by atoms with Gasteiger partial charge in [0.15, 0.2) is 0 Å². The van der Waals surface area contributed by atoms with Crippen LogP contribution in [0.2, 0.25) is 47.7 Å². The Labute approximate surface area is 122 Å². The van der Waals surface area contributed by atoms with Gasteiger partial charge in [0.1, 0.15) is 0 Å². The molecule has 0 amide bonds. The van der Waals surface area contributed by atoms with Crippen molar-refractivity contribution >= 4 is 5.78 Å². The molecule has 116 valence electrons. The molecule has 4 heteroatoms. The molecule has 1 spiro atoms. The number of carbonyl (C=O) groups is 1. The first-order valence-electron chi connectivity index (χ1n) is 8.65. The van der Waals surface area contributed by atoms with E-state index in [9.17, 15) is 15.0 Å². The van der Waals surface area contributed by atoms with E-state index in [-0.39, 0.29) is 21.6 Å². The van der Waals surface area contributed by atoms with Crippen molar-refractivity contribution in [2.45, 2.75) is 47.7 Å². The average molecular weight is 346 g/mol. The van der Waals surface area contributed by atoms with E-state index in [1.54, 1.807) is 6.07 Å². The number of rotatable bonds is 1. The predicted molar refractivity (Wildman–Crippen MR) is 78.1 cm³/mol. The Morgan fingerprint density at radius 1 is 1.00 bits per heavy atom. The molecule has 0 saturated carbocycles. The number of Topliss-reactive ketones (excluding diaryl/α,β-unsaturated/α-hetero) is 1. The number of aromatic hydroxyl groups is 2. The molecule has 2 N–H and O–H groups in total. The summed E-state index contributed by atoms with van der Waals surface area (Å²) in [7, 11) is 0. The van der Waals surface area contributed by atoms with Gasteiger partial charge in [0.25, 0.3) is 0 Å². The van der Waals surface area contributed by atoms with Crippen molar-refractivity contribution in [1.29, 1.82) is 0 Å². The van der Waals surface area contributed by atoms with E-state index in [0.717, 1.165) is 43.3 Å². The zero-order valence-electron chi connectivity index (χ0n) is 12.1. The third-order valence-corrected chi connectivity index (χ3v) is 58.6. The minimum atomic E-state index is -3.38. The van der Waals surface area contributed by atoms with E-state index in [2.05, 4.69) is 11.8 Å². The van der Waals surface area contributed by atoms with E-state index >= 15 is 0 Å². The predicted octanol–water partition coefficient (Wildman–Crippen LogP) is 3.78. The van der Waals surface area contributed by atoms with Crippen LogP contribution in [0.25, 0.3) is 0 Å². The van der Waals surface area contributed by atoms with Gasteiger partial charge in [-0.15, -0.1) is 0 Å². The maximum atomic E-state index is 13.3. The van der Waals surface area contributed by atoms with Crippen LogP contribution in [-0.2, 0) is 11.3 Å². The molecule has 0 aromatic heterocycles. The molecule has 1 aromatic carbocycles. The van der Waals surface area contributed by atoms with Gasteiger partial charge in [-0.2, -0.15) is 0 Å². The third kappa shape index (κ3) is 0.128. The maximum absolute atomic E-state index is 13.3. The van der Waals surface area contributed by atoms with Crippen LogP contribution in [0, 0.1) is 11.8 Å². The van der Waals surface area contributed by atoms with Crippen molar-refractivity contribution in [3.8, 4) is 23.3 Å². The van der Waals surface area contributed by atoms with Crippen molar-refractivity contribution in [3.05, 3.63) is 23.8 Å². The first-order chi connectivity index (χ1) is 10.8. The van der Waals surface area contributed by atoms with Gasteiger partial charge in [0.05, 0.1) is 0 Å². The molecule has 11 rings (SSSR count). The van der Waals surface area contributed by atoms with Gasteiger partial charge >= 0.3 is 122 Å². The second kappa shape index (κ2) is 0.900. The molecule has 0 aliphatic carbocycles. The number of benzene rings is 1. The van der Waals surface area contributed by atoms with Crippen LogP contribution in [0.4, 0.5) is 0 Å². The van der Waals surface area contributed by atoms with Crippen molar-refractivity contribution < 1.29 is 21.5 Å². The van der Waals surface area contributed by atoms with E-state index in [4.69, 9.17) is 0 Å².